The number of fused-ring (bicyclic) bond motifs is 1. The molecule has 130 valence electrons. The van der Waals surface area contributed by atoms with E-state index >= 15 is 0 Å². The maximum absolute atomic E-state index is 11.3. The number of aliphatic hydroxyl groups excluding tert-OH is 1. The summed E-state index contributed by atoms with van der Waals surface area (Å²) in [5.74, 6) is 0.634. The number of aliphatic hydroxyl groups is 1. The van der Waals surface area contributed by atoms with Gasteiger partial charge >= 0.3 is 0 Å². The molecule has 0 aliphatic rings. The molecule has 3 rings (SSSR count). The summed E-state index contributed by atoms with van der Waals surface area (Å²) in [6.07, 6.45) is 0.983. The Hall–Kier alpha value is -2.41. The van der Waals surface area contributed by atoms with E-state index in [1.165, 1.54) is 6.07 Å². The van der Waals surface area contributed by atoms with Gasteiger partial charge in [-0.15, -0.1) is 0 Å². The number of halogens is 1. The lowest BCUT2D eigenvalue weighted by Gasteiger charge is -2.13. The number of nitrogens with one attached hydrogen (secondary N) is 2. The van der Waals surface area contributed by atoms with Gasteiger partial charge in [-0.05, 0) is 36.4 Å². The van der Waals surface area contributed by atoms with Gasteiger partial charge in [-0.1, -0.05) is 11.6 Å². The predicted molar refractivity (Wildman–Crippen MR) is 97.0 cm³/mol. The predicted octanol–water partition coefficient (Wildman–Crippen LogP) is 2.11. The highest BCUT2D eigenvalue weighted by molar-refractivity contribution is 6.30. The summed E-state index contributed by atoms with van der Waals surface area (Å²) < 4.78 is 5.61. The van der Waals surface area contributed by atoms with E-state index in [1.54, 1.807) is 36.5 Å². The van der Waals surface area contributed by atoms with Crippen molar-refractivity contribution in [3.05, 3.63) is 69.7 Å². The Morgan fingerprint density at radius 1 is 1.24 bits per heavy atom. The summed E-state index contributed by atoms with van der Waals surface area (Å²) in [7, 11) is 0. The number of aromatic nitrogens is 2. The summed E-state index contributed by atoms with van der Waals surface area (Å²) >= 11 is 5.90. The third-order valence-corrected chi connectivity index (χ3v) is 3.84. The van der Waals surface area contributed by atoms with E-state index in [0.29, 0.717) is 23.9 Å². The van der Waals surface area contributed by atoms with Gasteiger partial charge in [0.1, 0.15) is 18.5 Å². The molecule has 0 radical (unpaired) electrons. The summed E-state index contributed by atoms with van der Waals surface area (Å²) in [5, 5.41) is 14.6. The minimum Gasteiger partial charge on any atom is -0.491 e. The van der Waals surface area contributed by atoms with Crippen LogP contribution in [-0.4, -0.2) is 34.3 Å². The molecule has 3 aromatic rings. The van der Waals surface area contributed by atoms with Gasteiger partial charge in [0.2, 0.25) is 5.56 Å². The van der Waals surface area contributed by atoms with E-state index in [0.717, 1.165) is 16.6 Å². The number of rotatable bonds is 7. The Labute approximate surface area is 149 Å². The Bertz CT molecular complexity index is 913. The van der Waals surface area contributed by atoms with Crippen molar-refractivity contribution < 1.29 is 9.84 Å². The monoisotopic (exact) mass is 359 g/mol. The van der Waals surface area contributed by atoms with Crippen LogP contribution in [0.4, 0.5) is 0 Å². The topological polar surface area (TPSA) is 87.2 Å². The maximum atomic E-state index is 11.3. The lowest BCUT2D eigenvalue weighted by atomic mass is 10.2. The van der Waals surface area contributed by atoms with E-state index < -0.39 is 6.10 Å². The summed E-state index contributed by atoms with van der Waals surface area (Å²) in [6.45, 7) is 1.04. The van der Waals surface area contributed by atoms with Gasteiger partial charge in [-0.3, -0.25) is 9.78 Å². The van der Waals surface area contributed by atoms with Crippen molar-refractivity contribution in [2.75, 3.05) is 13.2 Å². The van der Waals surface area contributed by atoms with E-state index in [-0.39, 0.29) is 12.2 Å². The average molecular weight is 360 g/mol. The lowest BCUT2D eigenvalue weighted by molar-refractivity contribution is 0.106. The van der Waals surface area contributed by atoms with Crippen molar-refractivity contribution in [1.82, 2.24) is 15.3 Å². The van der Waals surface area contributed by atoms with Gasteiger partial charge in [0, 0.05) is 41.3 Å². The van der Waals surface area contributed by atoms with Crippen LogP contribution in [-0.2, 0) is 6.54 Å². The highest BCUT2D eigenvalue weighted by atomic mass is 35.5. The van der Waals surface area contributed by atoms with Crippen LogP contribution in [0.3, 0.4) is 0 Å². The van der Waals surface area contributed by atoms with E-state index in [9.17, 15) is 9.90 Å². The van der Waals surface area contributed by atoms with Crippen molar-refractivity contribution in [3.8, 4) is 5.75 Å². The van der Waals surface area contributed by atoms with Gasteiger partial charge in [-0.25, -0.2) is 0 Å². The molecule has 0 bridgehead atoms. The minimum atomic E-state index is -0.662. The van der Waals surface area contributed by atoms with Gasteiger partial charge in [0.05, 0.1) is 5.69 Å². The van der Waals surface area contributed by atoms with E-state index in [1.807, 2.05) is 6.07 Å². The second-order valence-electron chi connectivity index (χ2n) is 5.63. The number of nitrogens with zero attached hydrogens (tertiary/aromatic N) is 1. The molecular weight excluding hydrogens is 342 g/mol. The Morgan fingerprint density at radius 2 is 2.12 bits per heavy atom. The number of hydrogen-bond acceptors (Lipinski definition) is 5. The number of hydrogen-bond donors (Lipinski definition) is 3. The van der Waals surface area contributed by atoms with Gasteiger partial charge < -0.3 is 20.1 Å². The molecule has 7 heteroatoms. The molecule has 0 saturated heterocycles. The molecule has 0 spiro atoms. The van der Waals surface area contributed by atoms with Gasteiger partial charge in [0.15, 0.2) is 0 Å². The maximum Gasteiger partial charge on any atom is 0.248 e. The standard InChI is InChI=1S/C18H18ClN3O3/c19-13-5-6-21-14(8-13)9-20-10-15(23)11-25-16-2-3-17-12(7-16)1-4-18(24)22-17/h1-8,15,20,23H,9-11H2,(H,22,24). The van der Waals surface area contributed by atoms with Crippen LogP contribution >= 0.6 is 11.6 Å². The first kappa shape index (κ1) is 17.4. The normalized spacial score (nSPS) is 12.2. The van der Waals surface area contributed by atoms with Crippen LogP contribution in [0, 0.1) is 0 Å². The van der Waals surface area contributed by atoms with Crippen LogP contribution in [0.1, 0.15) is 5.69 Å². The average Bonchev–Trinajstić information content (AvgIpc) is 2.60. The highest BCUT2D eigenvalue weighted by Gasteiger charge is 2.06. The van der Waals surface area contributed by atoms with Crippen molar-refractivity contribution >= 4 is 22.5 Å². The van der Waals surface area contributed by atoms with Crippen LogP contribution in [0.25, 0.3) is 10.9 Å². The largest absolute Gasteiger partial charge is 0.491 e. The minimum absolute atomic E-state index is 0.142. The number of pyridine rings is 2. The molecule has 2 aromatic heterocycles. The van der Waals surface area contributed by atoms with Crippen molar-refractivity contribution in [2.24, 2.45) is 0 Å². The zero-order valence-corrected chi connectivity index (χ0v) is 14.2. The number of H-pyrrole nitrogens is 1. The fourth-order valence-electron chi connectivity index (χ4n) is 2.39. The van der Waals surface area contributed by atoms with E-state index in [4.69, 9.17) is 16.3 Å². The number of ether oxygens (including phenoxy) is 1. The molecule has 25 heavy (non-hydrogen) atoms. The zero-order chi connectivity index (χ0) is 17.6. The fourth-order valence-corrected chi connectivity index (χ4v) is 2.57. The van der Waals surface area contributed by atoms with Crippen LogP contribution in [0.5, 0.6) is 5.75 Å². The fraction of sp³-hybridized carbons (Fsp3) is 0.222. The highest BCUT2D eigenvalue weighted by Crippen LogP contribution is 2.18. The molecule has 6 nitrogen and oxygen atoms in total. The van der Waals surface area contributed by atoms with Gasteiger partial charge in [-0.2, -0.15) is 0 Å². The van der Waals surface area contributed by atoms with Crippen LogP contribution in [0.2, 0.25) is 5.02 Å². The first-order valence-electron chi connectivity index (χ1n) is 7.85. The second-order valence-corrected chi connectivity index (χ2v) is 6.07. The van der Waals surface area contributed by atoms with Crippen molar-refractivity contribution in [2.45, 2.75) is 12.6 Å². The Morgan fingerprint density at radius 3 is 2.96 bits per heavy atom. The molecule has 1 unspecified atom stereocenters. The van der Waals surface area contributed by atoms with Crippen LogP contribution in [0.15, 0.2) is 53.5 Å². The second kappa shape index (κ2) is 8.11. The third-order valence-electron chi connectivity index (χ3n) is 3.60. The molecule has 1 aromatic carbocycles. The Balaban J connectivity index is 1.48. The van der Waals surface area contributed by atoms with Crippen molar-refractivity contribution in [1.29, 1.82) is 0 Å². The molecule has 0 fully saturated rings. The molecule has 2 heterocycles. The van der Waals surface area contributed by atoms with Crippen LogP contribution < -0.4 is 15.6 Å². The summed E-state index contributed by atoms with van der Waals surface area (Å²) in [4.78, 5) is 18.2. The lowest BCUT2D eigenvalue weighted by Crippen LogP contribution is -2.31. The molecule has 1 atom stereocenters. The quantitative estimate of drug-likeness (QED) is 0.601. The molecule has 0 aliphatic carbocycles. The molecule has 0 saturated carbocycles. The van der Waals surface area contributed by atoms with E-state index in [2.05, 4.69) is 15.3 Å². The zero-order valence-electron chi connectivity index (χ0n) is 13.4. The smallest absolute Gasteiger partial charge is 0.248 e. The number of benzene rings is 1. The molecule has 3 N–H and O–H groups in total. The molecule has 0 aliphatic heterocycles. The number of aromatic amines is 1. The SMILES string of the molecule is O=c1ccc2cc(OCC(O)CNCc3cc(Cl)ccn3)ccc2[nH]1. The third kappa shape index (κ3) is 5.03. The first-order valence-corrected chi connectivity index (χ1v) is 8.23. The summed E-state index contributed by atoms with van der Waals surface area (Å²) in [5.41, 5.74) is 1.41. The van der Waals surface area contributed by atoms with Crippen molar-refractivity contribution in [3.63, 3.8) is 0 Å². The summed E-state index contributed by atoms with van der Waals surface area (Å²) in [6, 6.07) is 12.0. The molecule has 0 amide bonds. The first-order chi connectivity index (χ1) is 12.1. The Kier molecular flexibility index (Phi) is 5.65. The van der Waals surface area contributed by atoms with Gasteiger partial charge in [0.25, 0.3) is 0 Å². The molecular formula is C18H18ClN3O3.